The molecule has 1 aliphatic rings. The van der Waals surface area contributed by atoms with Crippen LogP contribution in [-0.4, -0.2) is 23.1 Å². The van der Waals surface area contributed by atoms with E-state index >= 15 is 0 Å². The van der Waals surface area contributed by atoms with E-state index in [1.54, 1.807) is 6.33 Å². The Bertz CT molecular complexity index is 450. The molecule has 0 bridgehead atoms. The molecule has 0 saturated heterocycles. The lowest BCUT2D eigenvalue weighted by Crippen LogP contribution is -2.24. The topological polar surface area (TPSA) is 49.8 Å². The summed E-state index contributed by atoms with van der Waals surface area (Å²) in [7, 11) is 0. The van der Waals surface area contributed by atoms with Crippen molar-refractivity contribution < 1.29 is 0 Å². The first-order valence-corrected chi connectivity index (χ1v) is 8.38. The second-order valence-electron chi connectivity index (χ2n) is 6.94. The molecular formula is C17H30N4. The van der Waals surface area contributed by atoms with Crippen molar-refractivity contribution in [3.63, 3.8) is 0 Å². The Morgan fingerprint density at radius 2 is 1.76 bits per heavy atom. The Morgan fingerprint density at radius 3 is 2.33 bits per heavy atom. The van der Waals surface area contributed by atoms with Gasteiger partial charge in [-0.3, -0.25) is 0 Å². The maximum Gasteiger partial charge on any atom is 0.135 e. The molecule has 1 saturated carbocycles. The zero-order chi connectivity index (χ0) is 15.3. The molecule has 0 spiro atoms. The smallest absolute Gasteiger partial charge is 0.135 e. The molecule has 0 amide bonds. The Morgan fingerprint density at radius 1 is 1.14 bits per heavy atom. The van der Waals surface area contributed by atoms with Crippen molar-refractivity contribution >= 4 is 11.6 Å². The van der Waals surface area contributed by atoms with E-state index in [2.05, 4.69) is 48.3 Å². The molecule has 0 radical (unpaired) electrons. The third-order valence-electron chi connectivity index (χ3n) is 4.50. The summed E-state index contributed by atoms with van der Waals surface area (Å²) in [5.74, 6) is 2.40. The lowest BCUT2D eigenvalue weighted by molar-refractivity contribution is 0.361. The van der Waals surface area contributed by atoms with Crippen LogP contribution in [0, 0.1) is 5.41 Å². The first-order valence-electron chi connectivity index (χ1n) is 8.38. The number of aromatic nitrogens is 2. The highest BCUT2D eigenvalue weighted by Gasteiger charge is 2.29. The largest absolute Gasteiger partial charge is 0.370 e. The third kappa shape index (κ3) is 4.08. The van der Waals surface area contributed by atoms with E-state index in [4.69, 9.17) is 0 Å². The molecule has 2 N–H and O–H groups in total. The maximum absolute atomic E-state index is 4.50. The van der Waals surface area contributed by atoms with Crippen LogP contribution in [0.3, 0.4) is 0 Å². The van der Waals surface area contributed by atoms with Gasteiger partial charge in [-0.15, -0.1) is 0 Å². The zero-order valence-corrected chi connectivity index (χ0v) is 14.0. The fraction of sp³-hybridized carbons (Fsp3) is 0.765. The fourth-order valence-corrected chi connectivity index (χ4v) is 3.17. The van der Waals surface area contributed by atoms with Gasteiger partial charge < -0.3 is 10.6 Å². The van der Waals surface area contributed by atoms with Crippen LogP contribution in [-0.2, 0) is 0 Å². The van der Waals surface area contributed by atoms with Gasteiger partial charge in [-0.25, -0.2) is 9.97 Å². The molecule has 0 unspecified atom stereocenters. The van der Waals surface area contributed by atoms with Gasteiger partial charge in [-0.05, 0) is 30.6 Å². The van der Waals surface area contributed by atoms with Gasteiger partial charge in [-0.2, -0.15) is 0 Å². The Balaban J connectivity index is 2.13. The highest BCUT2D eigenvalue weighted by atomic mass is 15.1. The van der Waals surface area contributed by atoms with Gasteiger partial charge in [0.1, 0.15) is 18.0 Å². The standard InChI is InChI=1S/C17H30N4/c1-5-10-18-15-14(13(2)3)16(21-12-20-15)19-11-17(4)8-6-7-9-17/h12-13H,5-11H2,1-4H3,(H2,18,19,20,21). The number of nitrogens with zero attached hydrogens (tertiary/aromatic N) is 2. The van der Waals surface area contributed by atoms with Gasteiger partial charge in [-0.1, -0.05) is 40.5 Å². The van der Waals surface area contributed by atoms with E-state index in [0.29, 0.717) is 11.3 Å². The normalized spacial score (nSPS) is 17.2. The lowest BCUT2D eigenvalue weighted by Gasteiger charge is -2.25. The van der Waals surface area contributed by atoms with Gasteiger partial charge >= 0.3 is 0 Å². The molecule has 1 aromatic rings. The summed E-state index contributed by atoms with van der Waals surface area (Å²) >= 11 is 0. The lowest BCUT2D eigenvalue weighted by atomic mass is 9.89. The molecule has 118 valence electrons. The average Bonchev–Trinajstić information content (AvgIpc) is 2.90. The van der Waals surface area contributed by atoms with Crippen LogP contribution < -0.4 is 10.6 Å². The summed E-state index contributed by atoms with van der Waals surface area (Å²) in [5, 5.41) is 7.03. The summed E-state index contributed by atoms with van der Waals surface area (Å²) in [6.45, 7) is 10.9. The second-order valence-corrected chi connectivity index (χ2v) is 6.94. The first kappa shape index (κ1) is 16.1. The van der Waals surface area contributed by atoms with E-state index in [1.807, 2.05) is 0 Å². The molecule has 1 aliphatic carbocycles. The predicted molar refractivity (Wildman–Crippen MR) is 90.0 cm³/mol. The van der Waals surface area contributed by atoms with E-state index in [9.17, 15) is 0 Å². The van der Waals surface area contributed by atoms with E-state index in [1.165, 1.54) is 31.2 Å². The van der Waals surface area contributed by atoms with Crippen molar-refractivity contribution in [2.75, 3.05) is 23.7 Å². The van der Waals surface area contributed by atoms with Gasteiger partial charge in [0, 0.05) is 18.7 Å². The molecule has 1 fully saturated rings. The molecular weight excluding hydrogens is 260 g/mol. The monoisotopic (exact) mass is 290 g/mol. The minimum absolute atomic E-state index is 0.407. The van der Waals surface area contributed by atoms with Crippen molar-refractivity contribution in [2.24, 2.45) is 5.41 Å². The summed E-state index contributed by atoms with van der Waals surface area (Å²) < 4.78 is 0. The molecule has 21 heavy (non-hydrogen) atoms. The predicted octanol–water partition coefficient (Wildman–Crippen LogP) is 4.41. The van der Waals surface area contributed by atoms with Crippen LogP contribution in [0.15, 0.2) is 6.33 Å². The molecule has 4 heteroatoms. The van der Waals surface area contributed by atoms with E-state index in [-0.39, 0.29) is 0 Å². The van der Waals surface area contributed by atoms with Crippen molar-refractivity contribution in [1.82, 2.24) is 9.97 Å². The molecule has 1 heterocycles. The Labute approximate surface area is 129 Å². The van der Waals surface area contributed by atoms with Crippen LogP contribution in [0.2, 0.25) is 0 Å². The van der Waals surface area contributed by atoms with Crippen LogP contribution in [0.1, 0.15) is 71.3 Å². The summed E-state index contributed by atoms with van der Waals surface area (Å²) in [4.78, 5) is 8.93. The number of rotatable bonds is 7. The molecule has 4 nitrogen and oxygen atoms in total. The summed E-state index contributed by atoms with van der Waals surface area (Å²) in [5.41, 5.74) is 1.64. The Kier molecular flexibility index (Phi) is 5.43. The van der Waals surface area contributed by atoms with Gasteiger partial charge in [0.05, 0.1) is 0 Å². The number of hydrogen-bond acceptors (Lipinski definition) is 4. The minimum atomic E-state index is 0.407. The van der Waals surface area contributed by atoms with Crippen LogP contribution in [0.4, 0.5) is 11.6 Å². The van der Waals surface area contributed by atoms with Crippen LogP contribution >= 0.6 is 0 Å². The van der Waals surface area contributed by atoms with Gasteiger partial charge in [0.25, 0.3) is 0 Å². The van der Waals surface area contributed by atoms with Gasteiger partial charge in [0.2, 0.25) is 0 Å². The van der Waals surface area contributed by atoms with E-state index in [0.717, 1.165) is 31.1 Å². The molecule has 1 aromatic heterocycles. The highest BCUT2D eigenvalue weighted by molar-refractivity contribution is 5.59. The first-order chi connectivity index (χ1) is 10.1. The molecule has 0 aromatic carbocycles. The molecule has 0 aliphatic heterocycles. The van der Waals surface area contributed by atoms with Crippen molar-refractivity contribution in [1.29, 1.82) is 0 Å². The van der Waals surface area contributed by atoms with E-state index < -0.39 is 0 Å². The summed E-state index contributed by atoms with van der Waals surface area (Å²) in [6, 6.07) is 0. The van der Waals surface area contributed by atoms with Crippen molar-refractivity contribution in [3.05, 3.63) is 11.9 Å². The number of nitrogens with one attached hydrogen (secondary N) is 2. The summed E-state index contributed by atoms with van der Waals surface area (Å²) in [6.07, 6.45) is 8.14. The van der Waals surface area contributed by atoms with Gasteiger partial charge in [0.15, 0.2) is 0 Å². The molecule has 2 rings (SSSR count). The SMILES string of the molecule is CCCNc1ncnc(NCC2(C)CCCC2)c1C(C)C. The number of anilines is 2. The second kappa shape index (κ2) is 7.10. The minimum Gasteiger partial charge on any atom is -0.370 e. The molecule has 0 atom stereocenters. The third-order valence-corrected chi connectivity index (χ3v) is 4.50. The van der Waals surface area contributed by atoms with Crippen LogP contribution in [0.5, 0.6) is 0 Å². The highest BCUT2D eigenvalue weighted by Crippen LogP contribution is 2.38. The number of hydrogen-bond donors (Lipinski definition) is 2. The van der Waals surface area contributed by atoms with Crippen LogP contribution in [0.25, 0.3) is 0 Å². The quantitative estimate of drug-likeness (QED) is 0.780. The van der Waals surface area contributed by atoms with Crippen molar-refractivity contribution in [3.8, 4) is 0 Å². The maximum atomic E-state index is 4.50. The van der Waals surface area contributed by atoms with Crippen molar-refractivity contribution in [2.45, 2.75) is 65.7 Å². The average molecular weight is 290 g/mol. The zero-order valence-electron chi connectivity index (χ0n) is 14.0. The Hall–Kier alpha value is -1.32. The fourth-order valence-electron chi connectivity index (χ4n) is 3.17.